The first kappa shape index (κ1) is 7.49. The molecular weight excluding hydrogens is 148 g/mol. The van der Waals surface area contributed by atoms with E-state index in [2.05, 4.69) is 0 Å². The van der Waals surface area contributed by atoms with Crippen molar-refractivity contribution in [1.29, 1.82) is 0 Å². The lowest BCUT2D eigenvalue weighted by Crippen LogP contribution is -2.48. The lowest BCUT2D eigenvalue weighted by atomic mass is 9.93. The van der Waals surface area contributed by atoms with E-state index in [0.29, 0.717) is 13.2 Å². The fourth-order valence-corrected chi connectivity index (χ4v) is 1.52. The maximum absolute atomic E-state index is 9.55. The first-order valence-corrected chi connectivity index (χ1v) is 3.83. The van der Waals surface area contributed by atoms with Crippen molar-refractivity contribution in [2.45, 2.75) is 24.2 Å². The Labute approximate surface area is 64.7 Å². The Hall–Kier alpha value is -0.160. The molecule has 0 unspecified atom stereocenters. The Morgan fingerprint density at radius 3 is 2.82 bits per heavy atom. The van der Waals surface area contributed by atoms with Crippen molar-refractivity contribution in [2.24, 2.45) is 0 Å². The van der Waals surface area contributed by atoms with E-state index in [9.17, 15) is 5.11 Å². The Bertz CT molecular complexity index is 155. The van der Waals surface area contributed by atoms with Crippen molar-refractivity contribution in [3.05, 3.63) is 0 Å². The molecule has 2 saturated heterocycles. The molecule has 0 amide bonds. The molecule has 2 fully saturated rings. The summed E-state index contributed by atoms with van der Waals surface area (Å²) in [5, 5.41) is 18.3. The maximum atomic E-state index is 9.55. The molecule has 64 valence electrons. The predicted molar refractivity (Wildman–Crippen MR) is 36.1 cm³/mol. The van der Waals surface area contributed by atoms with Crippen molar-refractivity contribution < 1.29 is 19.7 Å². The summed E-state index contributed by atoms with van der Waals surface area (Å²) in [7, 11) is 0. The van der Waals surface area contributed by atoms with Gasteiger partial charge in [-0.15, -0.1) is 0 Å². The number of rotatable bonds is 1. The summed E-state index contributed by atoms with van der Waals surface area (Å²) >= 11 is 0. The van der Waals surface area contributed by atoms with E-state index in [0.717, 1.165) is 6.42 Å². The predicted octanol–water partition coefficient (Wildman–Crippen LogP) is -1.10. The highest BCUT2D eigenvalue weighted by Gasteiger charge is 2.56. The van der Waals surface area contributed by atoms with Crippen LogP contribution in [0.15, 0.2) is 0 Å². The Morgan fingerprint density at radius 2 is 2.27 bits per heavy atom. The van der Waals surface area contributed by atoms with Gasteiger partial charge in [-0.1, -0.05) is 0 Å². The minimum atomic E-state index is -0.652. The van der Waals surface area contributed by atoms with E-state index >= 15 is 0 Å². The van der Waals surface area contributed by atoms with Gasteiger partial charge in [0.25, 0.3) is 0 Å². The zero-order chi connectivity index (χ0) is 7.90. The van der Waals surface area contributed by atoms with E-state index in [1.165, 1.54) is 0 Å². The molecule has 0 bridgehead atoms. The van der Waals surface area contributed by atoms with Crippen molar-refractivity contribution >= 4 is 0 Å². The quantitative estimate of drug-likeness (QED) is 0.478. The summed E-state index contributed by atoms with van der Waals surface area (Å²) in [6.07, 6.45) is -0.363. The zero-order valence-electron chi connectivity index (χ0n) is 6.19. The highest BCUT2D eigenvalue weighted by molar-refractivity contribution is 5.03. The normalized spacial score (nSPS) is 49.6. The van der Waals surface area contributed by atoms with Gasteiger partial charge in [-0.05, 0) is 0 Å². The van der Waals surface area contributed by atoms with Gasteiger partial charge >= 0.3 is 0 Å². The van der Waals surface area contributed by atoms with Crippen LogP contribution in [0.3, 0.4) is 0 Å². The van der Waals surface area contributed by atoms with Crippen LogP contribution in [0.1, 0.15) is 6.42 Å². The topological polar surface area (TPSA) is 62.2 Å². The standard InChI is InChI=1S/C7H12O4/c8-3-5-6(9)7(4-11-7)1-2-10-5/h5-6,8-9H,1-4H2/t5-,6-,7-/m1/s1. The second kappa shape index (κ2) is 2.42. The SMILES string of the molecule is OC[C@H]1OCC[C@@]2(CO2)[C@@H]1O. The molecule has 0 aromatic rings. The van der Waals surface area contributed by atoms with Gasteiger partial charge in [0, 0.05) is 6.42 Å². The zero-order valence-corrected chi connectivity index (χ0v) is 6.19. The molecule has 1 spiro atoms. The highest BCUT2D eigenvalue weighted by atomic mass is 16.6. The van der Waals surface area contributed by atoms with Crippen LogP contribution in [0, 0.1) is 0 Å². The van der Waals surface area contributed by atoms with Crippen LogP contribution in [-0.2, 0) is 9.47 Å². The fourth-order valence-electron chi connectivity index (χ4n) is 1.52. The molecule has 0 radical (unpaired) electrons. The summed E-state index contributed by atoms with van der Waals surface area (Å²) in [4.78, 5) is 0. The Balaban J connectivity index is 2.04. The largest absolute Gasteiger partial charge is 0.394 e. The third-order valence-electron chi connectivity index (χ3n) is 2.44. The van der Waals surface area contributed by atoms with Crippen LogP contribution < -0.4 is 0 Å². The minimum absolute atomic E-state index is 0.133. The summed E-state index contributed by atoms with van der Waals surface area (Å²) in [6.45, 7) is 1.04. The second-order valence-electron chi connectivity index (χ2n) is 3.14. The lowest BCUT2D eigenvalue weighted by Gasteiger charge is -2.31. The van der Waals surface area contributed by atoms with Crippen LogP contribution in [0.25, 0.3) is 0 Å². The van der Waals surface area contributed by atoms with Gasteiger partial charge in [-0.25, -0.2) is 0 Å². The molecule has 2 aliphatic heterocycles. The molecule has 0 aromatic heterocycles. The average Bonchev–Trinajstić information content (AvgIpc) is 2.77. The van der Waals surface area contributed by atoms with E-state index in [1.54, 1.807) is 0 Å². The van der Waals surface area contributed by atoms with Gasteiger partial charge in [-0.2, -0.15) is 0 Å². The number of hydrogen-bond acceptors (Lipinski definition) is 4. The molecule has 0 aromatic carbocycles. The number of epoxide rings is 1. The van der Waals surface area contributed by atoms with Crippen LogP contribution >= 0.6 is 0 Å². The first-order chi connectivity index (χ1) is 5.28. The summed E-state index contributed by atoms with van der Waals surface area (Å²) in [5.41, 5.74) is -0.369. The summed E-state index contributed by atoms with van der Waals surface area (Å²) in [5.74, 6) is 0. The van der Waals surface area contributed by atoms with E-state index < -0.39 is 12.2 Å². The molecule has 11 heavy (non-hydrogen) atoms. The number of aliphatic hydroxyl groups is 2. The molecule has 3 atom stereocenters. The smallest absolute Gasteiger partial charge is 0.122 e. The third-order valence-corrected chi connectivity index (χ3v) is 2.44. The van der Waals surface area contributed by atoms with Gasteiger partial charge in [0.1, 0.15) is 17.8 Å². The molecule has 4 nitrogen and oxygen atoms in total. The van der Waals surface area contributed by atoms with Crippen molar-refractivity contribution in [3.8, 4) is 0 Å². The molecular formula is C7H12O4. The third kappa shape index (κ3) is 1.06. The van der Waals surface area contributed by atoms with Crippen LogP contribution in [0.5, 0.6) is 0 Å². The van der Waals surface area contributed by atoms with Gasteiger partial charge in [0.2, 0.25) is 0 Å². The molecule has 2 aliphatic rings. The lowest BCUT2D eigenvalue weighted by molar-refractivity contribution is -0.130. The van der Waals surface area contributed by atoms with Gasteiger partial charge in [-0.3, -0.25) is 0 Å². The molecule has 0 saturated carbocycles. The molecule has 2 heterocycles. The minimum Gasteiger partial charge on any atom is -0.394 e. The Morgan fingerprint density at radius 1 is 1.55 bits per heavy atom. The number of hydrogen-bond donors (Lipinski definition) is 2. The summed E-state index contributed by atoms with van der Waals surface area (Å²) in [6, 6.07) is 0. The van der Waals surface area contributed by atoms with E-state index in [1.807, 2.05) is 0 Å². The van der Waals surface area contributed by atoms with E-state index in [-0.39, 0.29) is 12.2 Å². The van der Waals surface area contributed by atoms with Crippen molar-refractivity contribution in [2.75, 3.05) is 19.8 Å². The fraction of sp³-hybridized carbons (Fsp3) is 1.00. The van der Waals surface area contributed by atoms with E-state index in [4.69, 9.17) is 14.6 Å². The van der Waals surface area contributed by atoms with Gasteiger partial charge in [0.05, 0.1) is 19.8 Å². The number of aliphatic hydroxyl groups excluding tert-OH is 2. The van der Waals surface area contributed by atoms with Crippen LogP contribution in [0.4, 0.5) is 0 Å². The first-order valence-electron chi connectivity index (χ1n) is 3.83. The molecule has 4 heteroatoms. The molecule has 2 rings (SSSR count). The monoisotopic (exact) mass is 160 g/mol. The number of ether oxygens (including phenoxy) is 2. The molecule has 2 N–H and O–H groups in total. The van der Waals surface area contributed by atoms with Crippen LogP contribution in [0.2, 0.25) is 0 Å². The second-order valence-corrected chi connectivity index (χ2v) is 3.14. The average molecular weight is 160 g/mol. The molecule has 0 aliphatic carbocycles. The van der Waals surface area contributed by atoms with Gasteiger partial charge in [0.15, 0.2) is 0 Å². The highest BCUT2D eigenvalue weighted by Crippen LogP contribution is 2.39. The summed E-state index contributed by atoms with van der Waals surface area (Å²) < 4.78 is 10.3. The Kier molecular flexibility index (Phi) is 1.64. The van der Waals surface area contributed by atoms with Gasteiger partial charge < -0.3 is 19.7 Å². The maximum Gasteiger partial charge on any atom is 0.122 e. The van der Waals surface area contributed by atoms with Crippen molar-refractivity contribution in [1.82, 2.24) is 0 Å². The van der Waals surface area contributed by atoms with Crippen LogP contribution in [-0.4, -0.2) is 47.8 Å². The van der Waals surface area contributed by atoms with Crippen molar-refractivity contribution in [3.63, 3.8) is 0 Å².